The van der Waals surface area contributed by atoms with Gasteiger partial charge in [0.2, 0.25) is 6.79 Å². The van der Waals surface area contributed by atoms with Crippen molar-refractivity contribution in [1.82, 2.24) is 14.8 Å². The lowest BCUT2D eigenvalue weighted by Crippen LogP contribution is -1.96. The highest BCUT2D eigenvalue weighted by atomic mass is 16.7. The predicted molar refractivity (Wildman–Crippen MR) is 108 cm³/mol. The van der Waals surface area contributed by atoms with Crippen LogP contribution in [-0.4, -0.2) is 21.6 Å². The molecule has 0 saturated carbocycles. The largest absolute Gasteiger partial charge is 0.454 e. The minimum absolute atomic E-state index is 0.254. The van der Waals surface area contributed by atoms with Gasteiger partial charge in [-0.3, -0.25) is 4.98 Å². The number of ether oxygens (including phenoxy) is 2. The number of nitrogens with zero attached hydrogens (tertiary/aromatic N) is 3. The molecular formula is C23H15N3O2. The van der Waals surface area contributed by atoms with Crippen molar-refractivity contribution in [3.63, 3.8) is 0 Å². The Morgan fingerprint density at radius 3 is 2.54 bits per heavy atom. The zero-order chi connectivity index (χ0) is 18.5. The first kappa shape index (κ1) is 15.2. The van der Waals surface area contributed by atoms with Crippen LogP contribution in [0.15, 0.2) is 79.0 Å². The van der Waals surface area contributed by atoms with Gasteiger partial charge in [-0.05, 0) is 36.4 Å². The number of fused-ring (bicyclic) bond motifs is 4. The second-order valence-corrected chi connectivity index (χ2v) is 6.70. The van der Waals surface area contributed by atoms with E-state index in [9.17, 15) is 0 Å². The van der Waals surface area contributed by atoms with Gasteiger partial charge < -0.3 is 9.47 Å². The average molecular weight is 365 g/mol. The number of rotatable bonds is 2. The summed E-state index contributed by atoms with van der Waals surface area (Å²) in [6, 6.07) is 24.2. The summed E-state index contributed by atoms with van der Waals surface area (Å²) in [4.78, 5) is 4.67. The minimum atomic E-state index is 0.254. The number of aromatic nitrogens is 3. The third-order valence-electron chi connectivity index (χ3n) is 5.06. The van der Waals surface area contributed by atoms with Crippen LogP contribution in [0.5, 0.6) is 11.5 Å². The van der Waals surface area contributed by atoms with E-state index in [-0.39, 0.29) is 6.79 Å². The maximum Gasteiger partial charge on any atom is 0.231 e. The van der Waals surface area contributed by atoms with Gasteiger partial charge in [-0.2, -0.15) is 5.10 Å². The van der Waals surface area contributed by atoms with Gasteiger partial charge in [0, 0.05) is 22.5 Å². The summed E-state index contributed by atoms with van der Waals surface area (Å²) in [5.41, 5.74) is 4.85. The maximum absolute atomic E-state index is 5.56. The van der Waals surface area contributed by atoms with E-state index >= 15 is 0 Å². The average Bonchev–Trinajstić information content (AvgIpc) is 3.38. The number of hydrogen-bond acceptors (Lipinski definition) is 4. The molecule has 0 atom stereocenters. The Labute approximate surface area is 160 Å². The van der Waals surface area contributed by atoms with Crippen molar-refractivity contribution in [3.8, 4) is 28.4 Å². The Bertz CT molecular complexity index is 1340. The van der Waals surface area contributed by atoms with Crippen LogP contribution < -0.4 is 9.47 Å². The Morgan fingerprint density at radius 1 is 0.786 bits per heavy atom. The van der Waals surface area contributed by atoms with Gasteiger partial charge in [-0.15, -0.1) is 0 Å². The van der Waals surface area contributed by atoms with Crippen LogP contribution in [0, 0.1) is 0 Å². The maximum atomic E-state index is 5.56. The highest BCUT2D eigenvalue weighted by Crippen LogP contribution is 2.39. The van der Waals surface area contributed by atoms with Crippen LogP contribution in [0.3, 0.4) is 0 Å². The van der Waals surface area contributed by atoms with Gasteiger partial charge in [0.05, 0.1) is 16.7 Å². The van der Waals surface area contributed by atoms with Crippen LogP contribution in [-0.2, 0) is 0 Å². The fourth-order valence-corrected chi connectivity index (χ4v) is 3.75. The van der Waals surface area contributed by atoms with E-state index < -0.39 is 0 Å². The zero-order valence-corrected chi connectivity index (χ0v) is 14.9. The normalized spacial score (nSPS) is 12.7. The van der Waals surface area contributed by atoms with Gasteiger partial charge in [-0.25, -0.2) is 4.68 Å². The summed E-state index contributed by atoms with van der Waals surface area (Å²) in [5, 5.41) is 7.06. The summed E-state index contributed by atoms with van der Waals surface area (Å²) in [6.45, 7) is 0.254. The molecule has 28 heavy (non-hydrogen) atoms. The van der Waals surface area contributed by atoms with E-state index in [2.05, 4.69) is 23.2 Å². The van der Waals surface area contributed by atoms with Gasteiger partial charge in [-0.1, -0.05) is 36.4 Å². The fraction of sp³-hybridized carbons (Fsp3) is 0.0435. The lowest BCUT2D eigenvalue weighted by Gasteiger charge is -2.05. The number of para-hydroxylation sites is 2. The molecule has 0 amide bonds. The van der Waals surface area contributed by atoms with Gasteiger partial charge in [0.25, 0.3) is 0 Å². The van der Waals surface area contributed by atoms with E-state index in [1.807, 2.05) is 65.5 Å². The molecule has 6 rings (SSSR count). The third-order valence-corrected chi connectivity index (χ3v) is 5.06. The van der Waals surface area contributed by atoms with Gasteiger partial charge >= 0.3 is 0 Å². The smallest absolute Gasteiger partial charge is 0.231 e. The fourth-order valence-electron chi connectivity index (χ4n) is 3.75. The van der Waals surface area contributed by atoms with Gasteiger partial charge in [0.15, 0.2) is 11.5 Å². The quantitative estimate of drug-likeness (QED) is 0.443. The topological polar surface area (TPSA) is 49.2 Å². The summed E-state index contributed by atoms with van der Waals surface area (Å²) < 4.78 is 13.0. The van der Waals surface area contributed by atoms with E-state index in [0.29, 0.717) is 0 Å². The van der Waals surface area contributed by atoms with Crippen molar-refractivity contribution in [2.24, 2.45) is 0 Å². The number of benzene rings is 3. The Kier molecular flexibility index (Phi) is 3.17. The SMILES string of the molecule is c1ccc(-n2nc(-c3ccc4c(c3)OCO4)c3cnc4ccccc4c32)cc1. The monoisotopic (exact) mass is 365 g/mol. The molecule has 3 heterocycles. The summed E-state index contributed by atoms with van der Waals surface area (Å²) in [7, 11) is 0. The standard InChI is InChI=1S/C23H15N3O2/c1-2-6-16(7-3-1)26-23-17-8-4-5-9-19(17)24-13-18(23)22(25-26)15-10-11-20-21(12-15)28-14-27-20/h1-13H,14H2. The van der Waals surface area contributed by atoms with Crippen LogP contribution in [0.1, 0.15) is 0 Å². The van der Waals surface area contributed by atoms with E-state index in [0.717, 1.165) is 50.2 Å². The predicted octanol–water partition coefficient (Wildman–Crippen LogP) is 4.97. The molecule has 5 heteroatoms. The highest BCUT2D eigenvalue weighted by molar-refractivity contribution is 6.08. The molecule has 0 unspecified atom stereocenters. The first-order chi connectivity index (χ1) is 13.9. The molecule has 1 aliphatic rings. The molecule has 0 spiro atoms. The number of hydrogen-bond donors (Lipinski definition) is 0. The van der Waals surface area contributed by atoms with Crippen LogP contribution in [0.25, 0.3) is 38.8 Å². The van der Waals surface area contributed by atoms with Crippen molar-refractivity contribution < 1.29 is 9.47 Å². The first-order valence-corrected chi connectivity index (χ1v) is 9.10. The van der Waals surface area contributed by atoms with Gasteiger partial charge in [0.1, 0.15) is 5.69 Å². The summed E-state index contributed by atoms with van der Waals surface area (Å²) in [6.07, 6.45) is 1.91. The Morgan fingerprint density at radius 2 is 1.61 bits per heavy atom. The van der Waals surface area contributed by atoms with Crippen molar-refractivity contribution >= 4 is 21.8 Å². The van der Waals surface area contributed by atoms with E-state index in [1.54, 1.807) is 0 Å². The highest BCUT2D eigenvalue weighted by Gasteiger charge is 2.20. The zero-order valence-electron chi connectivity index (χ0n) is 14.9. The molecule has 2 aromatic heterocycles. The molecule has 5 aromatic rings. The molecule has 0 aliphatic carbocycles. The molecule has 1 aliphatic heterocycles. The molecular weight excluding hydrogens is 350 g/mol. The molecule has 134 valence electrons. The third kappa shape index (κ3) is 2.19. The molecule has 0 bridgehead atoms. The molecule has 5 nitrogen and oxygen atoms in total. The molecule has 3 aromatic carbocycles. The second kappa shape index (κ2) is 5.82. The molecule has 0 fully saturated rings. The Hall–Kier alpha value is -3.86. The van der Waals surface area contributed by atoms with Crippen LogP contribution >= 0.6 is 0 Å². The lowest BCUT2D eigenvalue weighted by molar-refractivity contribution is 0.174. The lowest BCUT2D eigenvalue weighted by atomic mass is 10.1. The van der Waals surface area contributed by atoms with Crippen LogP contribution in [0.4, 0.5) is 0 Å². The second-order valence-electron chi connectivity index (χ2n) is 6.70. The van der Waals surface area contributed by atoms with Crippen LogP contribution in [0.2, 0.25) is 0 Å². The van der Waals surface area contributed by atoms with Crippen molar-refractivity contribution in [2.75, 3.05) is 6.79 Å². The summed E-state index contributed by atoms with van der Waals surface area (Å²) in [5.74, 6) is 1.51. The molecule has 0 saturated heterocycles. The summed E-state index contributed by atoms with van der Waals surface area (Å²) >= 11 is 0. The minimum Gasteiger partial charge on any atom is -0.454 e. The van der Waals surface area contributed by atoms with Crippen molar-refractivity contribution in [1.29, 1.82) is 0 Å². The van der Waals surface area contributed by atoms with E-state index in [1.165, 1.54) is 0 Å². The molecule has 0 N–H and O–H groups in total. The first-order valence-electron chi connectivity index (χ1n) is 9.10. The van der Waals surface area contributed by atoms with Crippen molar-refractivity contribution in [2.45, 2.75) is 0 Å². The molecule has 0 radical (unpaired) electrons. The van der Waals surface area contributed by atoms with Crippen molar-refractivity contribution in [3.05, 3.63) is 79.0 Å². The number of pyridine rings is 1. The Balaban J connectivity index is 1.70. The van der Waals surface area contributed by atoms with E-state index in [4.69, 9.17) is 14.6 Å².